The standard InChI is InChI=1S/C12H14N2O/c1-9(2)14-11-6-4-3-5-10(11)13-8-7-12(14)15/h3-6,8-9H,7H2,1-2H3. The second kappa shape index (κ2) is 3.85. The lowest BCUT2D eigenvalue weighted by Crippen LogP contribution is -2.36. The normalized spacial score (nSPS) is 15.4. The number of benzene rings is 1. The molecule has 0 aliphatic carbocycles. The summed E-state index contributed by atoms with van der Waals surface area (Å²) >= 11 is 0. The molecule has 15 heavy (non-hydrogen) atoms. The van der Waals surface area contributed by atoms with Gasteiger partial charge in [0, 0.05) is 12.3 Å². The molecule has 3 heteroatoms. The van der Waals surface area contributed by atoms with E-state index in [4.69, 9.17) is 0 Å². The Balaban J connectivity index is 2.53. The van der Waals surface area contributed by atoms with Gasteiger partial charge in [-0.25, -0.2) is 0 Å². The second-order valence-electron chi connectivity index (χ2n) is 3.86. The molecule has 0 N–H and O–H groups in total. The molecule has 1 heterocycles. The molecule has 78 valence electrons. The van der Waals surface area contributed by atoms with Crippen molar-refractivity contribution in [1.29, 1.82) is 0 Å². The van der Waals surface area contributed by atoms with E-state index in [2.05, 4.69) is 4.99 Å². The molecule has 0 aromatic heterocycles. The van der Waals surface area contributed by atoms with E-state index in [1.54, 1.807) is 6.21 Å². The number of para-hydroxylation sites is 2. The molecule has 0 fully saturated rings. The smallest absolute Gasteiger partial charge is 0.232 e. The quantitative estimate of drug-likeness (QED) is 0.688. The molecule has 0 atom stereocenters. The third-order valence-corrected chi connectivity index (χ3v) is 2.42. The van der Waals surface area contributed by atoms with Gasteiger partial charge in [-0.3, -0.25) is 9.79 Å². The van der Waals surface area contributed by atoms with Crippen molar-refractivity contribution in [1.82, 2.24) is 0 Å². The van der Waals surface area contributed by atoms with Crippen LogP contribution in [0.5, 0.6) is 0 Å². The van der Waals surface area contributed by atoms with Gasteiger partial charge in [0.15, 0.2) is 0 Å². The van der Waals surface area contributed by atoms with Crippen molar-refractivity contribution < 1.29 is 4.79 Å². The number of hydrogen-bond acceptors (Lipinski definition) is 2. The first kappa shape index (κ1) is 9.90. The molecule has 1 aromatic carbocycles. The Hall–Kier alpha value is -1.64. The van der Waals surface area contributed by atoms with E-state index < -0.39 is 0 Å². The lowest BCUT2D eigenvalue weighted by atomic mass is 10.2. The topological polar surface area (TPSA) is 32.7 Å². The summed E-state index contributed by atoms with van der Waals surface area (Å²) in [6.45, 7) is 4.03. The van der Waals surface area contributed by atoms with Crippen LogP contribution in [-0.4, -0.2) is 18.2 Å². The van der Waals surface area contributed by atoms with Crippen molar-refractivity contribution >= 4 is 23.5 Å². The van der Waals surface area contributed by atoms with Crippen LogP contribution in [0.3, 0.4) is 0 Å². The summed E-state index contributed by atoms with van der Waals surface area (Å²) in [5.41, 5.74) is 1.78. The van der Waals surface area contributed by atoms with E-state index in [9.17, 15) is 4.79 Å². The zero-order valence-corrected chi connectivity index (χ0v) is 8.97. The third-order valence-electron chi connectivity index (χ3n) is 2.42. The van der Waals surface area contributed by atoms with Gasteiger partial charge in [0.2, 0.25) is 5.91 Å². The van der Waals surface area contributed by atoms with E-state index >= 15 is 0 Å². The Bertz CT molecular complexity index is 410. The Morgan fingerprint density at radius 2 is 2.07 bits per heavy atom. The van der Waals surface area contributed by atoms with Crippen LogP contribution in [0.15, 0.2) is 29.3 Å². The van der Waals surface area contributed by atoms with Gasteiger partial charge in [-0.05, 0) is 26.0 Å². The molecule has 0 spiro atoms. The van der Waals surface area contributed by atoms with Crippen molar-refractivity contribution in [3.05, 3.63) is 24.3 Å². The first-order valence-electron chi connectivity index (χ1n) is 5.14. The zero-order chi connectivity index (χ0) is 10.8. The maximum atomic E-state index is 11.9. The van der Waals surface area contributed by atoms with Gasteiger partial charge in [0.05, 0.1) is 17.8 Å². The summed E-state index contributed by atoms with van der Waals surface area (Å²) < 4.78 is 0. The van der Waals surface area contributed by atoms with Gasteiger partial charge in [-0.1, -0.05) is 12.1 Å². The van der Waals surface area contributed by atoms with Gasteiger partial charge in [0.1, 0.15) is 0 Å². The van der Waals surface area contributed by atoms with E-state index in [1.165, 1.54) is 0 Å². The molecule has 0 saturated heterocycles. The Morgan fingerprint density at radius 3 is 2.80 bits per heavy atom. The lowest BCUT2D eigenvalue weighted by molar-refractivity contribution is -0.117. The number of nitrogens with zero attached hydrogens (tertiary/aromatic N) is 2. The molecule has 1 aliphatic heterocycles. The number of hydrogen-bond donors (Lipinski definition) is 0. The molecule has 1 amide bonds. The van der Waals surface area contributed by atoms with Crippen LogP contribution < -0.4 is 4.90 Å². The summed E-state index contributed by atoms with van der Waals surface area (Å²) in [7, 11) is 0. The van der Waals surface area contributed by atoms with Crippen molar-refractivity contribution in [2.24, 2.45) is 4.99 Å². The Labute approximate surface area is 89.4 Å². The van der Waals surface area contributed by atoms with Gasteiger partial charge in [0.25, 0.3) is 0 Å². The molecule has 0 saturated carbocycles. The van der Waals surface area contributed by atoms with Crippen molar-refractivity contribution in [3.63, 3.8) is 0 Å². The van der Waals surface area contributed by atoms with Crippen LogP contribution >= 0.6 is 0 Å². The molecule has 1 aromatic rings. The predicted molar refractivity (Wildman–Crippen MR) is 61.8 cm³/mol. The van der Waals surface area contributed by atoms with Crippen molar-refractivity contribution in [3.8, 4) is 0 Å². The summed E-state index contributed by atoms with van der Waals surface area (Å²) in [5.74, 6) is 0.110. The number of carbonyl (C=O) groups excluding carboxylic acids is 1. The summed E-state index contributed by atoms with van der Waals surface area (Å²) in [6.07, 6.45) is 2.07. The average molecular weight is 202 g/mol. The van der Waals surface area contributed by atoms with E-state index in [-0.39, 0.29) is 11.9 Å². The fourth-order valence-corrected chi connectivity index (χ4v) is 1.80. The fraction of sp³-hybridized carbons (Fsp3) is 0.333. The van der Waals surface area contributed by atoms with Gasteiger partial charge < -0.3 is 4.90 Å². The SMILES string of the molecule is CC(C)N1C(=O)CC=Nc2ccccc21. The van der Waals surface area contributed by atoms with Gasteiger partial charge in [-0.2, -0.15) is 0 Å². The Kier molecular flexibility index (Phi) is 2.54. The van der Waals surface area contributed by atoms with Crippen molar-refractivity contribution in [2.75, 3.05) is 4.90 Å². The summed E-state index contributed by atoms with van der Waals surface area (Å²) in [5, 5.41) is 0. The lowest BCUT2D eigenvalue weighted by Gasteiger charge is -2.26. The largest absolute Gasteiger partial charge is 0.307 e. The number of amides is 1. The Morgan fingerprint density at radius 1 is 1.33 bits per heavy atom. The van der Waals surface area contributed by atoms with Crippen molar-refractivity contribution in [2.45, 2.75) is 26.3 Å². The number of carbonyl (C=O) groups is 1. The third kappa shape index (κ3) is 1.77. The molecule has 2 rings (SSSR count). The number of fused-ring (bicyclic) bond motifs is 1. The number of aliphatic imine (C=N–C) groups is 1. The second-order valence-corrected chi connectivity index (χ2v) is 3.86. The molecule has 1 aliphatic rings. The minimum Gasteiger partial charge on any atom is -0.307 e. The minimum atomic E-state index is 0.110. The van der Waals surface area contributed by atoms with Crippen LogP contribution in [0.4, 0.5) is 11.4 Å². The fourth-order valence-electron chi connectivity index (χ4n) is 1.80. The zero-order valence-electron chi connectivity index (χ0n) is 8.97. The van der Waals surface area contributed by atoms with Crippen LogP contribution in [0, 0.1) is 0 Å². The highest BCUT2D eigenvalue weighted by molar-refractivity contribution is 6.05. The highest BCUT2D eigenvalue weighted by atomic mass is 16.2. The average Bonchev–Trinajstić information content (AvgIpc) is 2.35. The van der Waals surface area contributed by atoms with Crippen LogP contribution in [0.25, 0.3) is 0 Å². The van der Waals surface area contributed by atoms with Gasteiger partial charge >= 0.3 is 0 Å². The predicted octanol–water partition coefficient (Wildman–Crippen LogP) is 2.53. The number of rotatable bonds is 1. The van der Waals surface area contributed by atoms with Crippen LogP contribution in [0.1, 0.15) is 20.3 Å². The molecular formula is C12H14N2O. The van der Waals surface area contributed by atoms with E-state index in [0.29, 0.717) is 6.42 Å². The highest BCUT2D eigenvalue weighted by Crippen LogP contribution is 2.31. The molecule has 0 unspecified atom stereocenters. The molecule has 0 bridgehead atoms. The van der Waals surface area contributed by atoms with Crippen LogP contribution in [0.2, 0.25) is 0 Å². The first-order valence-corrected chi connectivity index (χ1v) is 5.14. The monoisotopic (exact) mass is 202 g/mol. The first-order chi connectivity index (χ1) is 7.20. The van der Waals surface area contributed by atoms with E-state index in [1.807, 2.05) is 43.0 Å². The highest BCUT2D eigenvalue weighted by Gasteiger charge is 2.22. The van der Waals surface area contributed by atoms with Crippen LogP contribution in [-0.2, 0) is 4.79 Å². The molecule has 3 nitrogen and oxygen atoms in total. The number of anilines is 1. The van der Waals surface area contributed by atoms with E-state index in [0.717, 1.165) is 11.4 Å². The minimum absolute atomic E-state index is 0.110. The summed E-state index contributed by atoms with van der Waals surface area (Å²) in [4.78, 5) is 17.9. The maximum Gasteiger partial charge on any atom is 0.232 e. The van der Waals surface area contributed by atoms with Gasteiger partial charge in [-0.15, -0.1) is 0 Å². The maximum absolute atomic E-state index is 11.9. The summed E-state index contributed by atoms with van der Waals surface area (Å²) in [6, 6.07) is 7.91. The molecular weight excluding hydrogens is 188 g/mol. The molecule has 0 radical (unpaired) electrons.